The zero-order valence-corrected chi connectivity index (χ0v) is 10.3. The summed E-state index contributed by atoms with van der Waals surface area (Å²) in [5.74, 6) is -0.229. The Kier molecular flexibility index (Phi) is 3.27. The first kappa shape index (κ1) is 12.1. The van der Waals surface area contributed by atoms with E-state index in [-0.39, 0.29) is 5.91 Å². The smallest absolute Gasteiger partial charge is 0.271 e. The van der Waals surface area contributed by atoms with Crippen LogP contribution in [0.4, 0.5) is 5.69 Å². The fraction of sp³-hybridized carbons (Fsp3) is 0.250. The molecule has 0 aliphatic rings. The van der Waals surface area contributed by atoms with Crippen LogP contribution in [0.2, 0.25) is 0 Å². The Labute approximate surface area is 105 Å². The molecule has 18 heavy (non-hydrogen) atoms. The van der Waals surface area contributed by atoms with Gasteiger partial charge in [-0.25, -0.2) is 0 Å². The lowest BCUT2D eigenvalue weighted by Crippen LogP contribution is -2.26. The molecule has 94 valence electrons. The molecule has 3 N–H and O–H groups in total. The molecule has 6 heteroatoms. The summed E-state index contributed by atoms with van der Waals surface area (Å²) < 4.78 is 1.49. The second-order valence-electron chi connectivity index (χ2n) is 4.01. The van der Waals surface area contributed by atoms with E-state index < -0.39 is 0 Å². The van der Waals surface area contributed by atoms with Gasteiger partial charge < -0.3 is 11.1 Å². The number of carbonyl (C=O) groups is 1. The maximum atomic E-state index is 12.0. The van der Waals surface area contributed by atoms with Crippen LogP contribution in [-0.4, -0.2) is 20.7 Å². The lowest BCUT2D eigenvalue weighted by Gasteiger charge is -2.06. The summed E-state index contributed by atoms with van der Waals surface area (Å²) in [7, 11) is 1.70. The minimum Gasteiger partial charge on any atom is -0.395 e. The van der Waals surface area contributed by atoms with Crippen LogP contribution in [0, 0.1) is 6.92 Å². The van der Waals surface area contributed by atoms with Crippen molar-refractivity contribution in [3.63, 3.8) is 0 Å². The molecular formula is C12H15N5O. The summed E-state index contributed by atoms with van der Waals surface area (Å²) in [5, 5.41) is 6.91. The highest BCUT2D eigenvalue weighted by Gasteiger charge is 2.17. The minimum absolute atomic E-state index is 0.229. The zero-order valence-electron chi connectivity index (χ0n) is 10.3. The van der Waals surface area contributed by atoms with E-state index in [0.717, 1.165) is 5.56 Å². The third-order valence-electron chi connectivity index (χ3n) is 2.69. The number of nitrogens with zero attached hydrogens (tertiary/aromatic N) is 3. The lowest BCUT2D eigenvalue weighted by atomic mass is 10.2. The van der Waals surface area contributed by atoms with Gasteiger partial charge in [0.1, 0.15) is 5.69 Å². The largest absolute Gasteiger partial charge is 0.395 e. The van der Waals surface area contributed by atoms with Gasteiger partial charge in [0, 0.05) is 26.0 Å². The molecule has 2 aromatic heterocycles. The van der Waals surface area contributed by atoms with Gasteiger partial charge in [-0.1, -0.05) is 0 Å². The van der Waals surface area contributed by atoms with Crippen molar-refractivity contribution in [2.45, 2.75) is 13.5 Å². The highest BCUT2D eigenvalue weighted by Crippen LogP contribution is 2.14. The molecule has 0 aromatic carbocycles. The predicted octanol–water partition coefficient (Wildman–Crippen LogP) is 0.636. The zero-order chi connectivity index (χ0) is 13.1. The van der Waals surface area contributed by atoms with Gasteiger partial charge in [-0.3, -0.25) is 14.5 Å². The van der Waals surface area contributed by atoms with Crippen molar-refractivity contribution in [3.05, 3.63) is 41.5 Å². The number of nitrogens with one attached hydrogen (secondary N) is 1. The van der Waals surface area contributed by atoms with Crippen molar-refractivity contribution in [3.8, 4) is 0 Å². The molecule has 0 atom stereocenters. The van der Waals surface area contributed by atoms with E-state index in [1.165, 1.54) is 4.68 Å². The number of amides is 1. The average Bonchev–Trinajstić information content (AvgIpc) is 2.62. The quantitative estimate of drug-likeness (QED) is 0.830. The van der Waals surface area contributed by atoms with E-state index in [9.17, 15) is 4.79 Å². The molecule has 0 radical (unpaired) electrons. The number of hydrogen-bond donors (Lipinski definition) is 2. The van der Waals surface area contributed by atoms with Gasteiger partial charge in [0.15, 0.2) is 0 Å². The molecule has 0 saturated carbocycles. The summed E-state index contributed by atoms with van der Waals surface area (Å²) in [6, 6.07) is 3.69. The highest BCUT2D eigenvalue weighted by atomic mass is 16.2. The van der Waals surface area contributed by atoms with E-state index in [2.05, 4.69) is 15.4 Å². The number of carbonyl (C=O) groups excluding carboxylic acids is 1. The summed E-state index contributed by atoms with van der Waals surface area (Å²) >= 11 is 0. The highest BCUT2D eigenvalue weighted by molar-refractivity contribution is 5.97. The van der Waals surface area contributed by atoms with Crippen LogP contribution in [0.3, 0.4) is 0 Å². The van der Waals surface area contributed by atoms with Crippen LogP contribution >= 0.6 is 0 Å². The Morgan fingerprint density at radius 2 is 2.11 bits per heavy atom. The molecule has 0 fully saturated rings. The fourth-order valence-electron chi connectivity index (χ4n) is 1.71. The van der Waals surface area contributed by atoms with Gasteiger partial charge in [-0.15, -0.1) is 0 Å². The number of nitrogens with two attached hydrogens (primary N) is 1. The number of aryl methyl sites for hydroxylation is 2. The molecule has 1 amide bonds. The number of nitrogen functional groups attached to an aromatic ring is 1. The van der Waals surface area contributed by atoms with Crippen molar-refractivity contribution in [1.29, 1.82) is 0 Å². The van der Waals surface area contributed by atoms with Gasteiger partial charge in [0.05, 0.1) is 11.4 Å². The van der Waals surface area contributed by atoms with Crippen LogP contribution in [-0.2, 0) is 13.6 Å². The molecule has 0 aliphatic heterocycles. The second kappa shape index (κ2) is 4.87. The van der Waals surface area contributed by atoms with Crippen molar-refractivity contribution in [1.82, 2.24) is 20.1 Å². The van der Waals surface area contributed by atoms with Crippen LogP contribution < -0.4 is 11.1 Å². The van der Waals surface area contributed by atoms with Crippen LogP contribution in [0.15, 0.2) is 24.5 Å². The third-order valence-corrected chi connectivity index (χ3v) is 2.69. The molecule has 2 aromatic rings. The maximum absolute atomic E-state index is 12.0. The third kappa shape index (κ3) is 2.32. The molecule has 2 rings (SSSR count). The number of anilines is 1. The fourth-order valence-corrected chi connectivity index (χ4v) is 1.71. The normalized spacial score (nSPS) is 10.3. The van der Waals surface area contributed by atoms with Gasteiger partial charge >= 0.3 is 0 Å². The molecule has 0 aliphatic carbocycles. The number of pyridine rings is 1. The van der Waals surface area contributed by atoms with Crippen LogP contribution in [0.1, 0.15) is 21.7 Å². The van der Waals surface area contributed by atoms with Gasteiger partial charge in [-0.05, 0) is 24.6 Å². The van der Waals surface area contributed by atoms with Crippen LogP contribution in [0.5, 0.6) is 0 Å². The van der Waals surface area contributed by atoms with Crippen molar-refractivity contribution < 1.29 is 4.79 Å². The maximum Gasteiger partial charge on any atom is 0.271 e. The summed E-state index contributed by atoms with van der Waals surface area (Å²) in [6.07, 6.45) is 3.37. The SMILES string of the molecule is Cc1nn(C)c(C(=O)NCc2ccncc2)c1N. The van der Waals surface area contributed by atoms with Crippen molar-refractivity contribution in [2.24, 2.45) is 7.05 Å². The topological polar surface area (TPSA) is 85.8 Å². The van der Waals surface area contributed by atoms with E-state index in [1.54, 1.807) is 26.4 Å². The summed E-state index contributed by atoms with van der Waals surface area (Å²) in [4.78, 5) is 15.9. The first-order chi connectivity index (χ1) is 8.59. The van der Waals surface area contributed by atoms with Gasteiger partial charge in [0.25, 0.3) is 5.91 Å². The minimum atomic E-state index is -0.229. The molecule has 0 bridgehead atoms. The Balaban J connectivity index is 2.09. The molecule has 0 spiro atoms. The second-order valence-corrected chi connectivity index (χ2v) is 4.01. The Hall–Kier alpha value is -2.37. The monoisotopic (exact) mass is 245 g/mol. The number of hydrogen-bond acceptors (Lipinski definition) is 4. The lowest BCUT2D eigenvalue weighted by molar-refractivity contribution is 0.0942. The standard InChI is InChI=1S/C12H15N5O/c1-8-10(13)11(17(2)16-8)12(18)15-7-9-3-5-14-6-4-9/h3-6H,7,13H2,1-2H3,(H,15,18). The van der Waals surface area contributed by atoms with Crippen molar-refractivity contribution >= 4 is 11.6 Å². The number of rotatable bonds is 3. The summed E-state index contributed by atoms with van der Waals surface area (Å²) in [5.41, 5.74) is 8.27. The van der Waals surface area contributed by atoms with Gasteiger partial charge in [-0.2, -0.15) is 5.10 Å². The predicted molar refractivity (Wildman–Crippen MR) is 67.8 cm³/mol. The van der Waals surface area contributed by atoms with Crippen LogP contribution in [0.25, 0.3) is 0 Å². The van der Waals surface area contributed by atoms with E-state index >= 15 is 0 Å². The van der Waals surface area contributed by atoms with E-state index in [1.807, 2.05) is 12.1 Å². The van der Waals surface area contributed by atoms with E-state index in [4.69, 9.17) is 5.73 Å². The Morgan fingerprint density at radius 3 is 2.67 bits per heavy atom. The Morgan fingerprint density at radius 1 is 1.44 bits per heavy atom. The first-order valence-electron chi connectivity index (χ1n) is 5.55. The number of aromatic nitrogens is 3. The molecule has 0 saturated heterocycles. The average molecular weight is 245 g/mol. The van der Waals surface area contributed by atoms with Crippen molar-refractivity contribution in [2.75, 3.05) is 5.73 Å². The summed E-state index contributed by atoms with van der Waals surface area (Å²) in [6.45, 7) is 2.21. The first-order valence-corrected chi connectivity index (χ1v) is 5.55. The van der Waals surface area contributed by atoms with E-state index in [0.29, 0.717) is 23.6 Å². The molecular weight excluding hydrogens is 230 g/mol. The molecule has 2 heterocycles. The molecule has 6 nitrogen and oxygen atoms in total. The Bertz CT molecular complexity index is 561. The molecule has 0 unspecified atom stereocenters. The van der Waals surface area contributed by atoms with Gasteiger partial charge in [0.2, 0.25) is 0 Å².